The molecule has 86 valence electrons. The van der Waals surface area contributed by atoms with Crippen LogP contribution < -0.4 is 16.4 Å². The average Bonchev–Trinajstić information content (AvgIpc) is 2.27. The summed E-state index contributed by atoms with van der Waals surface area (Å²) in [5.74, 6) is -0.484. The third-order valence-electron chi connectivity index (χ3n) is 1.96. The Morgan fingerprint density at radius 3 is 2.38 bits per heavy atom. The SMILES string of the molecule is CCCNC(=O)Nc1ccc(C(N)=O)cc1. The second-order valence-electron chi connectivity index (χ2n) is 3.32. The molecule has 5 heteroatoms. The number of benzene rings is 1. The Morgan fingerprint density at radius 1 is 1.25 bits per heavy atom. The number of carbonyl (C=O) groups is 2. The van der Waals surface area contributed by atoms with E-state index in [9.17, 15) is 9.59 Å². The standard InChI is InChI=1S/C11H15N3O2/c1-2-7-13-11(16)14-9-5-3-8(4-6-9)10(12)15/h3-6H,2,7H2,1H3,(H2,12,15)(H2,13,14,16). The van der Waals surface area contributed by atoms with Gasteiger partial charge in [-0.2, -0.15) is 0 Å². The molecular weight excluding hydrogens is 206 g/mol. The zero-order chi connectivity index (χ0) is 12.0. The molecule has 5 nitrogen and oxygen atoms in total. The molecule has 0 radical (unpaired) electrons. The van der Waals surface area contributed by atoms with Crippen LogP contribution in [0.15, 0.2) is 24.3 Å². The zero-order valence-corrected chi connectivity index (χ0v) is 9.12. The largest absolute Gasteiger partial charge is 0.366 e. The van der Waals surface area contributed by atoms with Crippen molar-refractivity contribution in [2.45, 2.75) is 13.3 Å². The molecule has 1 aromatic rings. The summed E-state index contributed by atoms with van der Waals surface area (Å²) in [7, 11) is 0. The fourth-order valence-electron chi connectivity index (χ4n) is 1.13. The van der Waals surface area contributed by atoms with E-state index in [2.05, 4.69) is 10.6 Å². The lowest BCUT2D eigenvalue weighted by molar-refractivity contribution is 0.100. The van der Waals surface area contributed by atoms with Crippen LogP contribution in [0.25, 0.3) is 0 Å². The molecule has 0 spiro atoms. The van der Waals surface area contributed by atoms with E-state index in [1.165, 1.54) is 0 Å². The number of amides is 3. The van der Waals surface area contributed by atoms with Crippen molar-refractivity contribution in [3.8, 4) is 0 Å². The summed E-state index contributed by atoms with van der Waals surface area (Å²) in [5.41, 5.74) is 6.13. The van der Waals surface area contributed by atoms with Crippen LogP contribution in [0.2, 0.25) is 0 Å². The molecule has 0 bridgehead atoms. The number of rotatable bonds is 4. The van der Waals surface area contributed by atoms with Crippen molar-refractivity contribution >= 4 is 17.6 Å². The second-order valence-corrected chi connectivity index (χ2v) is 3.32. The fourth-order valence-corrected chi connectivity index (χ4v) is 1.13. The number of hydrogen-bond donors (Lipinski definition) is 3. The molecule has 1 rings (SSSR count). The van der Waals surface area contributed by atoms with Crippen LogP contribution in [0.5, 0.6) is 0 Å². The molecule has 0 aromatic heterocycles. The second kappa shape index (κ2) is 5.75. The smallest absolute Gasteiger partial charge is 0.319 e. The summed E-state index contributed by atoms with van der Waals surface area (Å²) >= 11 is 0. The highest BCUT2D eigenvalue weighted by molar-refractivity contribution is 5.94. The van der Waals surface area contributed by atoms with Crippen LogP contribution in [-0.4, -0.2) is 18.5 Å². The van der Waals surface area contributed by atoms with Gasteiger partial charge in [-0.3, -0.25) is 4.79 Å². The number of urea groups is 1. The van der Waals surface area contributed by atoms with Gasteiger partial charge in [-0.25, -0.2) is 4.79 Å². The molecule has 16 heavy (non-hydrogen) atoms. The number of carbonyl (C=O) groups excluding carboxylic acids is 2. The van der Waals surface area contributed by atoms with E-state index in [1.807, 2.05) is 6.92 Å². The molecule has 0 aliphatic rings. The molecule has 1 aromatic carbocycles. The summed E-state index contributed by atoms with van der Waals surface area (Å²) in [5, 5.41) is 5.32. The van der Waals surface area contributed by atoms with Crippen molar-refractivity contribution in [2.75, 3.05) is 11.9 Å². The van der Waals surface area contributed by atoms with Crippen molar-refractivity contribution in [3.05, 3.63) is 29.8 Å². The molecule has 0 fully saturated rings. The maximum absolute atomic E-state index is 11.3. The monoisotopic (exact) mass is 221 g/mol. The molecule has 0 aliphatic carbocycles. The Hall–Kier alpha value is -2.04. The highest BCUT2D eigenvalue weighted by Gasteiger charge is 2.02. The predicted molar refractivity (Wildman–Crippen MR) is 62.3 cm³/mol. The maximum Gasteiger partial charge on any atom is 0.319 e. The Balaban J connectivity index is 2.55. The number of nitrogens with two attached hydrogens (primary N) is 1. The highest BCUT2D eigenvalue weighted by Crippen LogP contribution is 2.08. The van der Waals surface area contributed by atoms with E-state index in [-0.39, 0.29) is 6.03 Å². The van der Waals surface area contributed by atoms with E-state index in [1.54, 1.807) is 24.3 Å². The van der Waals surface area contributed by atoms with Gasteiger partial charge in [-0.15, -0.1) is 0 Å². The number of nitrogens with one attached hydrogen (secondary N) is 2. The van der Waals surface area contributed by atoms with Gasteiger partial charge >= 0.3 is 6.03 Å². The van der Waals surface area contributed by atoms with Crippen molar-refractivity contribution < 1.29 is 9.59 Å². The van der Waals surface area contributed by atoms with E-state index in [4.69, 9.17) is 5.73 Å². The lowest BCUT2D eigenvalue weighted by Crippen LogP contribution is -2.29. The van der Waals surface area contributed by atoms with Gasteiger partial charge in [0.05, 0.1) is 0 Å². The number of anilines is 1. The molecule has 3 amide bonds. The normalized spacial score (nSPS) is 9.56. The van der Waals surface area contributed by atoms with Gasteiger partial charge in [-0.1, -0.05) is 6.92 Å². The summed E-state index contributed by atoms with van der Waals surface area (Å²) in [4.78, 5) is 22.1. The van der Waals surface area contributed by atoms with Gasteiger partial charge in [-0.05, 0) is 30.7 Å². The first-order valence-corrected chi connectivity index (χ1v) is 5.08. The third kappa shape index (κ3) is 3.61. The van der Waals surface area contributed by atoms with Crippen molar-refractivity contribution in [2.24, 2.45) is 5.73 Å². The van der Waals surface area contributed by atoms with Crippen LogP contribution in [-0.2, 0) is 0 Å². The van der Waals surface area contributed by atoms with Crippen molar-refractivity contribution in [1.82, 2.24) is 5.32 Å². The summed E-state index contributed by atoms with van der Waals surface area (Å²) in [6, 6.07) is 6.14. The third-order valence-corrected chi connectivity index (χ3v) is 1.96. The first kappa shape index (κ1) is 12.0. The molecule has 0 unspecified atom stereocenters. The molecule has 0 saturated heterocycles. The molecule has 0 heterocycles. The molecule has 0 saturated carbocycles. The molecule has 0 aliphatic heterocycles. The minimum absolute atomic E-state index is 0.256. The van der Waals surface area contributed by atoms with Crippen LogP contribution in [0.1, 0.15) is 23.7 Å². The quantitative estimate of drug-likeness (QED) is 0.716. The Kier molecular flexibility index (Phi) is 4.32. The Labute approximate surface area is 94.0 Å². The van der Waals surface area contributed by atoms with Gasteiger partial charge in [0.25, 0.3) is 0 Å². The number of hydrogen-bond acceptors (Lipinski definition) is 2. The molecule has 4 N–H and O–H groups in total. The van der Waals surface area contributed by atoms with Crippen LogP contribution in [0, 0.1) is 0 Å². The summed E-state index contributed by atoms with van der Waals surface area (Å²) < 4.78 is 0. The minimum Gasteiger partial charge on any atom is -0.366 e. The van der Waals surface area contributed by atoms with Gasteiger partial charge < -0.3 is 16.4 Å². The Bertz CT molecular complexity index is 373. The first-order valence-electron chi connectivity index (χ1n) is 5.08. The molecule has 0 atom stereocenters. The summed E-state index contributed by atoms with van der Waals surface area (Å²) in [6.45, 7) is 2.60. The molecular formula is C11H15N3O2. The number of primary amides is 1. The van der Waals surface area contributed by atoms with E-state index >= 15 is 0 Å². The van der Waals surface area contributed by atoms with Crippen LogP contribution in [0.4, 0.5) is 10.5 Å². The topological polar surface area (TPSA) is 84.2 Å². The Morgan fingerprint density at radius 2 is 1.88 bits per heavy atom. The lowest BCUT2D eigenvalue weighted by atomic mass is 10.2. The summed E-state index contributed by atoms with van der Waals surface area (Å²) in [6.07, 6.45) is 0.883. The van der Waals surface area contributed by atoms with E-state index in [0.717, 1.165) is 6.42 Å². The highest BCUT2D eigenvalue weighted by atomic mass is 16.2. The van der Waals surface area contributed by atoms with Gasteiger partial charge in [0, 0.05) is 17.8 Å². The van der Waals surface area contributed by atoms with Gasteiger partial charge in [0.1, 0.15) is 0 Å². The minimum atomic E-state index is -0.484. The average molecular weight is 221 g/mol. The zero-order valence-electron chi connectivity index (χ0n) is 9.12. The van der Waals surface area contributed by atoms with Gasteiger partial charge in [0.15, 0.2) is 0 Å². The van der Waals surface area contributed by atoms with Crippen molar-refractivity contribution in [1.29, 1.82) is 0 Å². The predicted octanol–water partition coefficient (Wildman–Crippen LogP) is 1.32. The fraction of sp³-hybridized carbons (Fsp3) is 0.273. The first-order chi connectivity index (χ1) is 7.63. The maximum atomic E-state index is 11.3. The van der Waals surface area contributed by atoms with Crippen molar-refractivity contribution in [3.63, 3.8) is 0 Å². The van der Waals surface area contributed by atoms with Crippen LogP contribution in [0.3, 0.4) is 0 Å². The van der Waals surface area contributed by atoms with Gasteiger partial charge in [0.2, 0.25) is 5.91 Å². The van der Waals surface area contributed by atoms with Crippen LogP contribution >= 0.6 is 0 Å². The van der Waals surface area contributed by atoms with E-state index in [0.29, 0.717) is 17.8 Å². The van der Waals surface area contributed by atoms with E-state index < -0.39 is 5.91 Å². The lowest BCUT2D eigenvalue weighted by Gasteiger charge is -2.06.